The maximum absolute atomic E-state index is 14.6. The van der Waals surface area contributed by atoms with Gasteiger partial charge in [0.2, 0.25) is 0 Å². The van der Waals surface area contributed by atoms with Gasteiger partial charge >= 0.3 is 0 Å². The van der Waals surface area contributed by atoms with E-state index >= 15 is 0 Å². The van der Waals surface area contributed by atoms with Crippen LogP contribution in [0, 0.1) is 0 Å². The van der Waals surface area contributed by atoms with E-state index < -0.39 is 14.0 Å². The van der Waals surface area contributed by atoms with Crippen LogP contribution in [0.25, 0.3) is 0 Å². The van der Waals surface area contributed by atoms with Crippen molar-refractivity contribution >= 4 is 27.0 Å². The van der Waals surface area contributed by atoms with E-state index in [0.29, 0.717) is 10.9 Å². The molecule has 0 bridgehead atoms. The maximum atomic E-state index is 14.6. The smallest absolute Gasteiger partial charge is 0.180 e. The number of hydrogen-bond donors (Lipinski definition) is 3. The number of benzene rings is 1. The zero-order valence-corrected chi connectivity index (χ0v) is 16.6. The fourth-order valence-corrected chi connectivity index (χ4v) is 6.80. The Labute approximate surface area is 145 Å². The molecule has 1 atom stereocenters. The summed E-state index contributed by atoms with van der Waals surface area (Å²) in [5.41, 5.74) is 0.692. The SMILES string of the molecule is CNS(=O)(Cc1ccccc1)(C1=NC(S)C(C)(C)N1)C(C)(C)C. The van der Waals surface area contributed by atoms with Crippen LogP contribution in [0.4, 0.5) is 0 Å². The van der Waals surface area contributed by atoms with Gasteiger partial charge in [0.05, 0.1) is 5.54 Å². The maximum Gasteiger partial charge on any atom is 0.180 e. The number of amidine groups is 1. The summed E-state index contributed by atoms with van der Waals surface area (Å²) in [6, 6.07) is 9.93. The van der Waals surface area contributed by atoms with Crippen molar-refractivity contribution in [2.24, 2.45) is 4.99 Å². The minimum absolute atomic E-state index is 0.228. The van der Waals surface area contributed by atoms with Crippen molar-refractivity contribution in [2.45, 2.75) is 56.0 Å². The third kappa shape index (κ3) is 2.85. The molecular weight excluding hydrogens is 326 g/mol. The normalized spacial score (nSPS) is 22.8. The largest absolute Gasteiger partial charge is 0.355 e. The van der Waals surface area contributed by atoms with Gasteiger partial charge in [-0.05, 0) is 47.2 Å². The molecule has 4 nitrogen and oxygen atoms in total. The summed E-state index contributed by atoms with van der Waals surface area (Å²) in [6.07, 6.45) is 0. The minimum atomic E-state index is -3.51. The first-order chi connectivity index (χ1) is 10.4. The van der Waals surface area contributed by atoms with Gasteiger partial charge in [0.15, 0.2) is 5.17 Å². The second-order valence-electron chi connectivity index (χ2n) is 7.71. The van der Waals surface area contributed by atoms with Crippen LogP contribution in [-0.4, -0.2) is 32.1 Å². The Hall–Kier alpha value is -0.850. The topological polar surface area (TPSA) is 53.5 Å². The van der Waals surface area contributed by atoms with Crippen LogP contribution in [0.2, 0.25) is 0 Å². The average molecular weight is 356 g/mol. The standard InChI is InChI=1S/C17H29N3OS2/c1-16(2,3)23(21,18-6,12-13-10-8-7-9-11-13)15-19-14(22)17(4,5)20-15/h7-11,14,22H,12H2,1-6H3,(H,18,21)(H,19,20). The number of thiol groups is 1. The first-order valence-corrected chi connectivity index (χ1v) is 10.5. The molecule has 1 aromatic rings. The van der Waals surface area contributed by atoms with E-state index in [-0.39, 0.29) is 10.9 Å². The highest BCUT2D eigenvalue weighted by atomic mass is 32.3. The molecule has 1 unspecified atom stereocenters. The summed E-state index contributed by atoms with van der Waals surface area (Å²) in [5, 5.41) is 3.70. The second kappa shape index (κ2) is 5.60. The van der Waals surface area contributed by atoms with Gasteiger partial charge in [-0.2, -0.15) is 12.6 Å². The van der Waals surface area contributed by atoms with Gasteiger partial charge in [0, 0.05) is 19.8 Å². The third-order valence-corrected chi connectivity index (χ3v) is 10.9. The molecule has 1 heterocycles. The Kier molecular flexibility index (Phi) is 4.50. The lowest BCUT2D eigenvalue weighted by atomic mass is 10.1. The Bertz CT molecular complexity index is 677. The van der Waals surface area contributed by atoms with Crippen molar-refractivity contribution in [3.63, 3.8) is 0 Å². The molecule has 0 fully saturated rings. The predicted octanol–water partition coefficient (Wildman–Crippen LogP) is 2.93. The lowest BCUT2D eigenvalue weighted by Crippen LogP contribution is -2.68. The molecule has 130 valence electrons. The molecule has 0 aromatic heterocycles. The summed E-state index contributed by atoms with van der Waals surface area (Å²) < 4.78 is 17.3. The highest BCUT2D eigenvalue weighted by Gasteiger charge is 2.55. The predicted molar refractivity (Wildman–Crippen MR) is 105 cm³/mol. The molecule has 23 heavy (non-hydrogen) atoms. The molecule has 0 aliphatic carbocycles. The monoisotopic (exact) mass is 355 g/mol. The fraction of sp³-hybridized carbons (Fsp3) is 0.588. The molecule has 1 aromatic carbocycles. The van der Waals surface area contributed by atoms with E-state index in [1.165, 1.54) is 0 Å². The summed E-state index contributed by atoms with van der Waals surface area (Å²) in [4.78, 5) is 4.66. The van der Waals surface area contributed by atoms with Crippen LogP contribution < -0.4 is 10.0 Å². The van der Waals surface area contributed by atoms with Gasteiger partial charge in [-0.15, -0.1) is 0 Å². The lowest BCUT2D eigenvalue weighted by Gasteiger charge is -2.52. The molecule has 0 amide bonds. The van der Waals surface area contributed by atoms with Crippen molar-refractivity contribution in [3.05, 3.63) is 35.9 Å². The molecule has 1 aliphatic rings. The molecular formula is C17H29N3OS2. The van der Waals surface area contributed by atoms with Crippen molar-refractivity contribution in [2.75, 3.05) is 7.05 Å². The van der Waals surface area contributed by atoms with Crippen LogP contribution in [0.5, 0.6) is 0 Å². The zero-order valence-electron chi connectivity index (χ0n) is 14.9. The van der Waals surface area contributed by atoms with Gasteiger partial charge in [-0.1, -0.05) is 30.3 Å². The minimum Gasteiger partial charge on any atom is -0.355 e. The van der Waals surface area contributed by atoms with Gasteiger partial charge in [-0.25, -0.2) is 4.99 Å². The van der Waals surface area contributed by atoms with E-state index in [9.17, 15) is 4.21 Å². The first-order valence-electron chi connectivity index (χ1n) is 7.86. The Balaban J connectivity index is 2.63. The molecule has 1 aliphatic heterocycles. The average Bonchev–Trinajstić information content (AvgIpc) is 2.73. The second-order valence-corrected chi connectivity index (χ2v) is 12.7. The number of nitrogens with one attached hydrogen (secondary N) is 2. The van der Waals surface area contributed by atoms with Gasteiger partial charge < -0.3 is 5.32 Å². The summed E-state index contributed by atoms with van der Waals surface area (Å²) >= 11 is 4.56. The molecule has 0 spiro atoms. The fourth-order valence-electron chi connectivity index (χ4n) is 2.81. The lowest BCUT2D eigenvalue weighted by molar-refractivity contribution is 0.483. The van der Waals surface area contributed by atoms with Crippen molar-refractivity contribution in [1.82, 2.24) is 10.0 Å². The van der Waals surface area contributed by atoms with Gasteiger partial charge in [0.1, 0.15) is 5.37 Å². The highest BCUT2D eigenvalue weighted by Crippen LogP contribution is 2.43. The van der Waals surface area contributed by atoms with E-state index in [1.807, 2.05) is 65.0 Å². The van der Waals surface area contributed by atoms with Gasteiger partial charge in [-0.3, -0.25) is 8.93 Å². The van der Waals surface area contributed by atoms with Crippen molar-refractivity contribution in [3.8, 4) is 0 Å². The van der Waals surface area contributed by atoms with Gasteiger partial charge in [0.25, 0.3) is 0 Å². The molecule has 2 N–H and O–H groups in total. The first kappa shape index (κ1) is 18.5. The zero-order chi connectivity index (χ0) is 17.5. The van der Waals surface area contributed by atoms with E-state index in [4.69, 9.17) is 0 Å². The van der Waals surface area contributed by atoms with Crippen molar-refractivity contribution in [1.29, 1.82) is 0 Å². The Morgan fingerprint density at radius 3 is 2.26 bits per heavy atom. The Morgan fingerprint density at radius 2 is 1.87 bits per heavy atom. The highest BCUT2D eigenvalue weighted by molar-refractivity contribution is 8.31. The molecule has 0 saturated heterocycles. The third-order valence-electron chi connectivity index (χ3n) is 4.74. The molecule has 0 saturated carbocycles. The van der Waals surface area contributed by atoms with Crippen LogP contribution in [-0.2, 0) is 15.0 Å². The molecule has 2 rings (SSSR count). The van der Waals surface area contributed by atoms with E-state index in [2.05, 4.69) is 27.7 Å². The quantitative estimate of drug-likeness (QED) is 0.730. The van der Waals surface area contributed by atoms with E-state index in [0.717, 1.165) is 5.56 Å². The van der Waals surface area contributed by atoms with Crippen LogP contribution >= 0.6 is 12.6 Å². The summed E-state index contributed by atoms with van der Waals surface area (Å²) in [6.45, 7) is 10.1. The number of rotatable bonds is 3. The number of aliphatic imine (C=N–C) groups is 1. The Morgan fingerprint density at radius 1 is 1.30 bits per heavy atom. The van der Waals surface area contributed by atoms with Crippen LogP contribution in [0.15, 0.2) is 35.3 Å². The summed E-state index contributed by atoms with van der Waals surface area (Å²) in [5.74, 6) is 0.403. The van der Waals surface area contributed by atoms with Crippen LogP contribution in [0.3, 0.4) is 0 Å². The number of hydrogen-bond acceptors (Lipinski definition) is 4. The van der Waals surface area contributed by atoms with Crippen molar-refractivity contribution < 1.29 is 4.21 Å². The number of nitrogens with zero attached hydrogens (tertiary/aromatic N) is 1. The summed E-state index contributed by atoms with van der Waals surface area (Å²) in [7, 11) is -1.74. The molecule has 0 radical (unpaired) electrons. The van der Waals surface area contributed by atoms with E-state index in [1.54, 1.807) is 7.05 Å². The molecule has 6 heteroatoms. The van der Waals surface area contributed by atoms with Crippen LogP contribution in [0.1, 0.15) is 40.2 Å².